The minimum Gasteiger partial charge on any atom is -0.462 e. The van der Waals surface area contributed by atoms with Crippen molar-refractivity contribution in [2.24, 2.45) is 0 Å². The van der Waals surface area contributed by atoms with Crippen LogP contribution in [0.2, 0.25) is 0 Å². The number of hydrogen-bond donors (Lipinski definition) is 1. The predicted octanol–water partition coefficient (Wildman–Crippen LogP) is 2.94. The lowest BCUT2D eigenvalue weighted by Crippen LogP contribution is -2.49. The third kappa shape index (κ3) is 5.47. The lowest BCUT2D eigenvalue weighted by atomic mass is 10.2. The highest BCUT2D eigenvalue weighted by Gasteiger charge is 2.48. The first-order valence-corrected chi connectivity index (χ1v) is 13.0. The number of hydrogen-bond acceptors (Lipinski definition) is 7. The molecule has 3 rings (SSSR count). The first-order valence-electron chi connectivity index (χ1n) is 11.6. The van der Waals surface area contributed by atoms with Crippen LogP contribution in [-0.2, 0) is 29.1 Å². The van der Waals surface area contributed by atoms with Crippen LogP contribution in [0.3, 0.4) is 0 Å². The van der Waals surface area contributed by atoms with Gasteiger partial charge in [0.1, 0.15) is 6.04 Å². The number of carbonyl (C=O) groups excluding carboxylic acids is 4. The first kappa shape index (κ1) is 27.0. The summed E-state index contributed by atoms with van der Waals surface area (Å²) in [6.07, 6.45) is 0.0986. The van der Waals surface area contributed by atoms with Gasteiger partial charge in [0.05, 0.1) is 29.2 Å². The smallest absolute Gasteiger partial charge is 0.338 e. The van der Waals surface area contributed by atoms with Crippen LogP contribution in [0.1, 0.15) is 50.9 Å². The van der Waals surface area contributed by atoms with Crippen molar-refractivity contribution in [3.05, 3.63) is 54.1 Å². The molecule has 2 aromatic rings. The number of imide groups is 1. The van der Waals surface area contributed by atoms with Gasteiger partial charge in [-0.15, -0.1) is 0 Å². The molecule has 1 N–H and O–H groups in total. The van der Waals surface area contributed by atoms with Crippen molar-refractivity contribution in [3.8, 4) is 0 Å². The summed E-state index contributed by atoms with van der Waals surface area (Å²) in [4.78, 5) is 50.4. The minimum atomic E-state index is -4.17. The average Bonchev–Trinajstić information content (AvgIpc) is 3.12. The molecule has 2 aromatic carbocycles. The number of ether oxygens (including phenoxy) is 1. The van der Waals surface area contributed by atoms with Gasteiger partial charge >= 0.3 is 5.97 Å². The van der Waals surface area contributed by atoms with Gasteiger partial charge in [0.15, 0.2) is 0 Å². The van der Waals surface area contributed by atoms with Crippen LogP contribution in [0.5, 0.6) is 0 Å². The lowest BCUT2D eigenvalue weighted by Gasteiger charge is -2.31. The molecule has 1 aliphatic rings. The van der Waals surface area contributed by atoms with E-state index in [0.29, 0.717) is 12.1 Å². The number of benzene rings is 2. The molecule has 10 nitrogen and oxygen atoms in total. The molecule has 2 unspecified atom stereocenters. The molecule has 11 heteroatoms. The molecule has 1 heterocycles. The first-order chi connectivity index (χ1) is 17.0. The van der Waals surface area contributed by atoms with E-state index in [0.717, 1.165) is 9.21 Å². The van der Waals surface area contributed by atoms with Gasteiger partial charge in [-0.05, 0) is 68.8 Å². The van der Waals surface area contributed by atoms with E-state index in [1.165, 1.54) is 55.5 Å². The number of carbonyl (C=O) groups is 4. The second-order valence-corrected chi connectivity index (χ2v) is 10.2. The van der Waals surface area contributed by atoms with Crippen LogP contribution < -0.4 is 10.2 Å². The van der Waals surface area contributed by atoms with E-state index in [2.05, 4.69) is 5.32 Å². The Morgan fingerprint density at radius 2 is 1.69 bits per heavy atom. The van der Waals surface area contributed by atoms with Crippen molar-refractivity contribution < 1.29 is 32.3 Å². The third-order valence-corrected chi connectivity index (χ3v) is 7.88. The summed E-state index contributed by atoms with van der Waals surface area (Å²) in [6.45, 7) is 6.70. The fourth-order valence-electron chi connectivity index (χ4n) is 3.97. The summed E-state index contributed by atoms with van der Waals surface area (Å²) < 4.78 is 33.3. The van der Waals surface area contributed by atoms with Crippen LogP contribution >= 0.6 is 0 Å². The number of esters is 1. The monoisotopic (exact) mass is 515 g/mol. The third-order valence-electron chi connectivity index (χ3n) is 5.84. The quantitative estimate of drug-likeness (QED) is 0.401. The van der Waals surface area contributed by atoms with Gasteiger partial charge in [0.2, 0.25) is 21.8 Å². The highest BCUT2D eigenvalue weighted by molar-refractivity contribution is 7.89. The number of nitrogens with one attached hydrogen (secondary N) is 1. The summed E-state index contributed by atoms with van der Waals surface area (Å²) in [5.41, 5.74) is 0.936. The van der Waals surface area contributed by atoms with E-state index in [4.69, 9.17) is 4.74 Å². The predicted molar refractivity (Wildman–Crippen MR) is 133 cm³/mol. The van der Waals surface area contributed by atoms with Gasteiger partial charge in [-0.3, -0.25) is 14.4 Å². The zero-order chi connectivity index (χ0) is 26.6. The molecular formula is C25H29N3O7S. The summed E-state index contributed by atoms with van der Waals surface area (Å²) in [5, 5.41) is 2.57. The van der Waals surface area contributed by atoms with Crippen LogP contribution in [0, 0.1) is 0 Å². The molecule has 1 fully saturated rings. The summed E-state index contributed by atoms with van der Waals surface area (Å²) >= 11 is 0. The van der Waals surface area contributed by atoms with Crippen molar-refractivity contribution >= 4 is 45.1 Å². The highest BCUT2D eigenvalue weighted by atomic mass is 32.2. The molecule has 36 heavy (non-hydrogen) atoms. The molecule has 0 aromatic heterocycles. The van der Waals surface area contributed by atoms with Gasteiger partial charge < -0.3 is 10.1 Å². The summed E-state index contributed by atoms with van der Waals surface area (Å²) in [6, 6.07) is 9.62. The summed E-state index contributed by atoms with van der Waals surface area (Å²) in [5.74, 6) is -2.03. The van der Waals surface area contributed by atoms with Gasteiger partial charge in [-0.25, -0.2) is 18.1 Å². The largest absolute Gasteiger partial charge is 0.462 e. The molecule has 0 spiro atoms. The Kier molecular flexibility index (Phi) is 8.26. The molecular weight excluding hydrogens is 486 g/mol. The van der Waals surface area contributed by atoms with Crippen molar-refractivity contribution in [1.82, 2.24) is 4.31 Å². The van der Waals surface area contributed by atoms with E-state index in [-0.39, 0.29) is 35.1 Å². The van der Waals surface area contributed by atoms with Crippen molar-refractivity contribution in [3.63, 3.8) is 0 Å². The molecule has 0 saturated carbocycles. The highest BCUT2D eigenvalue weighted by Crippen LogP contribution is 2.32. The molecule has 1 aliphatic heterocycles. The van der Waals surface area contributed by atoms with E-state index in [1.807, 2.05) is 0 Å². The van der Waals surface area contributed by atoms with Crippen LogP contribution in [0.4, 0.5) is 11.4 Å². The van der Waals surface area contributed by atoms with E-state index in [1.54, 1.807) is 20.8 Å². The summed E-state index contributed by atoms with van der Waals surface area (Å²) in [7, 11) is -4.17. The molecule has 192 valence electrons. The maximum atomic E-state index is 13.6. The number of sulfonamides is 1. The van der Waals surface area contributed by atoms with Crippen LogP contribution in [-0.4, -0.2) is 55.1 Å². The molecule has 3 amide bonds. The Morgan fingerprint density at radius 3 is 2.22 bits per heavy atom. The average molecular weight is 516 g/mol. The Balaban J connectivity index is 1.92. The Hall–Kier alpha value is -3.57. The fraction of sp³-hybridized carbons (Fsp3) is 0.360. The SMILES string of the molecule is CCOC(=O)c1ccc(N2C(=O)CC(N(C(C)CC)S(=O)(=O)c3ccc(NC(C)=O)cc3)C2=O)cc1. The minimum absolute atomic E-state index is 0.0607. The number of amides is 3. The molecule has 1 saturated heterocycles. The normalized spacial score (nSPS) is 16.8. The van der Waals surface area contributed by atoms with Gasteiger partial charge in [-0.2, -0.15) is 4.31 Å². The Bertz CT molecular complexity index is 1260. The second kappa shape index (κ2) is 11.0. The van der Waals surface area contributed by atoms with Crippen molar-refractivity contribution in [1.29, 1.82) is 0 Å². The maximum Gasteiger partial charge on any atom is 0.338 e. The van der Waals surface area contributed by atoms with E-state index in [9.17, 15) is 27.6 Å². The number of rotatable bonds is 9. The lowest BCUT2D eigenvalue weighted by molar-refractivity contribution is -0.122. The topological polar surface area (TPSA) is 130 Å². The number of anilines is 2. The van der Waals surface area contributed by atoms with Crippen molar-refractivity contribution in [2.45, 2.75) is 57.5 Å². The zero-order valence-corrected chi connectivity index (χ0v) is 21.4. The second-order valence-electron chi connectivity index (χ2n) is 8.35. The standard InChI is InChI=1S/C25H29N3O7S/c1-5-16(3)28(36(33,34)21-13-9-19(10-14-21)26-17(4)29)22-15-23(30)27(24(22)31)20-11-7-18(8-12-20)25(32)35-6-2/h7-14,16,22H,5-6,15H2,1-4H3,(H,26,29). The molecule has 2 atom stereocenters. The van der Waals surface area contributed by atoms with Gasteiger partial charge in [0.25, 0.3) is 5.91 Å². The van der Waals surface area contributed by atoms with Gasteiger partial charge in [0, 0.05) is 18.7 Å². The Labute approximate surface area is 210 Å². The molecule has 0 bridgehead atoms. The molecule has 0 aliphatic carbocycles. The van der Waals surface area contributed by atoms with E-state index >= 15 is 0 Å². The molecule has 0 radical (unpaired) electrons. The van der Waals surface area contributed by atoms with Crippen LogP contribution in [0.25, 0.3) is 0 Å². The van der Waals surface area contributed by atoms with Crippen molar-refractivity contribution in [2.75, 3.05) is 16.8 Å². The fourth-order valence-corrected chi connectivity index (χ4v) is 5.82. The van der Waals surface area contributed by atoms with E-state index < -0.39 is 39.9 Å². The zero-order valence-electron chi connectivity index (χ0n) is 20.6. The Morgan fingerprint density at radius 1 is 1.08 bits per heavy atom. The maximum absolute atomic E-state index is 13.6. The van der Waals surface area contributed by atoms with Gasteiger partial charge in [-0.1, -0.05) is 6.92 Å². The number of nitrogens with zero attached hydrogens (tertiary/aromatic N) is 2. The van der Waals surface area contributed by atoms with Crippen LogP contribution in [0.15, 0.2) is 53.4 Å².